The monoisotopic (exact) mass is 274 g/mol. The molecule has 1 atom stereocenters. The van der Waals surface area contributed by atoms with E-state index in [4.69, 9.17) is 19.3 Å². The summed E-state index contributed by atoms with van der Waals surface area (Å²) in [4.78, 5) is 0. The van der Waals surface area contributed by atoms with E-state index < -0.39 is 6.29 Å². The Labute approximate surface area is 118 Å². The van der Waals surface area contributed by atoms with E-state index >= 15 is 0 Å². The Morgan fingerprint density at radius 3 is 2.10 bits per heavy atom. The zero-order valence-corrected chi connectivity index (χ0v) is 11.4. The Morgan fingerprint density at radius 1 is 0.900 bits per heavy atom. The minimum atomic E-state index is -0.638. The van der Waals surface area contributed by atoms with Crippen molar-refractivity contribution in [2.24, 2.45) is 0 Å². The quantitative estimate of drug-likeness (QED) is 0.788. The number of para-hydroxylation sites is 1. The van der Waals surface area contributed by atoms with Crippen molar-refractivity contribution in [2.75, 3.05) is 13.2 Å². The largest absolute Gasteiger partial charge is 0.462 e. The second-order valence-electron chi connectivity index (χ2n) is 4.07. The second kappa shape index (κ2) is 7.53. The topological polar surface area (TPSA) is 47.9 Å². The molecule has 0 fully saturated rings. The zero-order valence-electron chi connectivity index (χ0n) is 11.4. The van der Waals surface area contributed by atoms with Crippen molar-refractivity contribution < 1.29 is 19.3 Å². The van der Waals surface area contributed by atoms with Crippen molar-refractivity contribution in [3.63, 3.8) is 0 Å². The minimum Gasteiger partial charge on any atom is -0.462 e. The van der Waals surface area contributed by atoms with Gasteiger partial charge in [0.1, 0.15) is 23.9 Å². The zero-order chi connectivity index (χ0) is 14.2. The van der Waals surface area contributed by atoms with E-state index in [1.165, 1.54) is 0 Å². The molecule has 0 aliphatic rings. The summed E-state index contributed by atoms with van der Waals surface area (Å²) in [7, 11) is 0. The third kappa shape index (κ3) is 4.26. The normalized spacial score (nSPS) is 11.9. The van der Waals surface area contributed by atoms with E-state index in [0.29, 0.717) is 12.4 Å². The van der Waals surface area contributed by atoms with Crippen LogP contribution in [-0.2, 0) is 4.74 Å². The number of hydrogen-bond acceptors (Lipinski definition) is 4. The molecular weight excluding hydrogens is 256 g/mol. The molecule has 0 aromatic heterocycles. The molecule has 4 nitrogen and oxygen atoms in total. The lowest BCUT2D eigenvalue weighted by Crippen LogP contribution is -2.24. The van der Waals surface area contributed by atoms with Crippen LogP contribution >= 0.6 is 0 Å². The Balaban J connectivity index is 1.96. The third-order valence-electron chi connectivity index (χ3n) is 2.57. The summed E-state index contributed by atoms with van der Waals surface area (Å²) in [6.07, 6.45) is -0.638. The van der Waals surface area contributed by atoms with Gasteiger partial charge in [0.25, 0.3) is 0 Å². The van der Waals surface area contributed by atoms with Crippen LogP contribution in [-0.4, -0.2) is 24.6 Å². The number of aliphatic hydroxyl groups excluding tert-OH is 1. The Kier molecular flexibility index (Phi) is 5.41. The molecule has 0 spiro atoms. The smallest absolute Gasteiger partial charge is 0.223 e. The molecule has 0 radical (unpaired) electrons. The number of rotatable bonds is 7. The first-order valence-corrected chi connectivity index (χ1v) is 6.54. The van der Waals surface area contributed by atoms with Crippen LogP contribution in [0.2, 0.25) is 0 Å². The maximum atomic E-state index is 9.09. The van der Waals surface area contributed by atoms with Crippen LogP contribution in [0.4, 0.5) is 0 Å². The highest BCUT2D eigenvalue weighted by atomic mass is 16.7. The van der Waals surface area contributed by atoms with Crippen LogP contribution in [0, 0.1) is 0 Å². The molecule has 106 valence electrons. The molecule has 0 heterocycles. The van der Waals surface area contributed by atoms with Gasteiger partial charge in [0.05, 0.1) is 0 Å². The average Bonchev–Trinajstić information content (AvgIpc) is 2.50. The highest BCUT2D eigenvalue weighted by Gasteiger charge is 2.08. The summed E-state index contributed by atoms with van der Waals surface area (Å²) < 4.78 is 16.4. The van der Waals surface area contributed by atoms with Gasteiger partial charge in [-0.3, -0.25) is 0 Å². The third-order valence-corrected chi connectivity index (χ3v) is 2.57. The Hall–Kier alpha value is -2.04. The maximum absolute atomic E-state index is 9.09. The van der Waals surface area contributed by atoms with Crippen molar-refractivity contribution in [1.29, 1.82) is 0 Å². The van der Waals surface area contributed by atoms with Crippen molar-refractivity contribution in [2.45, 2.75) is 13.2 Å². The van der Waals surface area contributed by atoms with E-state index in [-0.39, 0.29) is 6.61 Å². The summed E-state index contributed by atoms with van der Waals surface area (Å²) in [6.45, 7) is 2.15. The van der Waals surface area contributed by atoms with Crippen LogP contribution < -0.4 is 9.47 Å². The Morgan fingerprint density at radius 2 is 1.50 bits per heavy atom. The molecule has 1 N–H and O–H groups in total. The highest BCUT2D eigenvalue weighted by molar-refractivity contribution is 5.35. The molecule has 1 unspecified atom stereocenters. The molecule has 0 saturated heterocycles. The summed E-state index contributed by atoms with van der Waals surface area (Å²) in [5.41, 5.74) is 0. The molecule has 2 aromatic carbocycles. The Bertz CT molecular complexity index is 496. The van der Waals surface area contributed by atoms with Gasteiger partial charge in [-0.1, -0.05) is 18.2 Å². The second-order valence-corrected chi connectivity index (χ2v) is 4.07. The fourth-order valence-corrected chi connectivity index (χ4v) is 1.67. The van der Waals surface area contributed by atoms with Crippen LogP contribution in [0.25, 0.3) is 0 Å². The number of hydrogen-bond donors (Lipinski definition) is 1. The summed E-state index contributed by atoms with van der Waals surface area (Å²) in [6, 6.07) is 16.7. The van der Waals surface area contributed by atoms with Crippen LogP contribution in [0.5, 0.6) is 17.2 Å². The van der Waals surface area contributed by atoms with Crippen molar-refractivity contribution in [3.05, 3.63) is 54.6 Å². The molecule has 0 aliphatic heterocycles. The van der Waals surface area contributed by atoms with Crippen molar-refractivity contribution in [3.8, 4) is 17.2 Å². The van der Waals surface area contributed by atoms with Gasteiger partial charge in [0.2, 0.25) is 6.29 Å². The van der Waals surface area contributed by atoms with Crippen molar-refractivity contribution >= 4 is 0 Å². The van der Waals surface area contributed by atoms with Gasteiger partial charge in [-0.05, 0) is 43.3 Å². The summed E-state index contributed by atoms with van der Waals surface area (Å²) in [5.74, 6) is 2.13. The fourth-order valence-electron chi connectivity index (χ4n) is 1.67. The van der Waals surface area contributed by atoms with E-state index in [0.717, 1.165) is 11.5 Å². The molecule has 2 aromatic rings. The van der Waals surface area contributed by atoms with Crippen LogP contribution in [0.15, 0.2) is 54.6 Å². The first-order valence-electron chi connectivity index (χ1n) is 6.54. The predicted octanol–water partition coefficient (Wildman–Crippen LogP) is 3.21. The first kappa shape index (κ1) is 14.4. The maximum Gasteiger partial charge on any atom is 0.223 e. The highest BCUT2D eigenvalue weighted by Crippen LogP contribution is 2.24. The lowest BCUT2D eigenvalue weighted by Gasteiger charge is -2.16. The molecule has 4 heteroatoms. The van der Waals surface area contributed by atoms with E-state index in [1.807, 2.05) is 49.4 Å². The standard InChI is InChI=1S/C16H18O4/c1-2-18-16(12-17)20-15-10-8-14(9-11-15)19-13-6-4-3-5-7-13/h3-11,16-17H,2,12H2,1H3. The SMILES string of the molecule is CCOC(CO)Oc1ccc(Oc2ccccc2)cc1. The average molecular weight is 274 g/mol. The number of aliphatic hydroxyl groups is 1. The molecule has 2 rings (SSSR count). The lowest BCUT2D eigenvalue weighted by molar-refractivity contribution is -0.103. The molecule has 0 bridgehead atoms. The molecular formula is C16H18O4. The lowest BCUT2D eigenvalue weighted by atomic mass is 10.3. The van der Waals surface area contributed by atoms with E-state index in [2.05, 4.69) is 0 Å². The molecule has 20 heavy (non-hydrogen) atoms. The van der Waals surface area contributed by atoms with Gasteiger partial charge in [-0.15, -0.1) is 0 Å². The fraction of sp³-hybridized carbons (Fsp3) is 0.250. The number of benzene rings is 2. The van der Waals surface area contributed by atoms with Crippen LogP contribution in [0.1, 0.15) is 6.92 Å². The minimum absolute atomic E-state index is 0.184. The van der Waals surface area contributed by atoms with Gasteiger partial charge in [-0.25, -0.2) is 0 Å². The van der Waals surface area contributed by atoms with Crippen molar-refractivity contribution in [1.82, 2.24) is 0 Å². The van der Waals surface area contributed by atoms with E-state index in [1.54, 1.807) is 12.1 Å². The molecule has 0 amide bonds. The summed E-state index contributed by atoms with van der Waals surface area (Å²) in [5, 5.41) is 9.09. The molecule has 0 saturated carbocycles. The molecule has 0 aliphatic carbocycles. The van der Waals surface area contributed by atoms with Crippen LogP contribution in [0.3, 0.4) is 0 Å². The summed E-state index contributed by atoms with van der Waals surface area (Å²) >= 11 is 0. The van der Waals surface area contributed by atoms with Gasteiger partial charge in [0.15, 0.2) is 0 Å². The number of ether oxygens (including phenoxy) is 3. The van der Waals surface area contributed by atoms with Gasteiger partial charge in [0, 0.05) is 6.61 Å². The van der Waals surface area contributed by atoms with Gasteiger partial charge in [-0.2, -0.15) is 0 Å². The van der Waals surface area contributed by atoms with Gasteiger partial charge >= 0.3 is 0 Å². The van der Waals surface area contributed by atoms with E-state index in [9.17, 15) is 0 Å². The van der Waals surface area contributed by atoms with Gasteiger partial charge < -0.3 is 19.3 Å². The first-order chi connectivity index (χ1) is 9.81. The predicted molar refractivity (Wildman–Crippen MR) is 76.1 cm³/mol.